The highest BCUT2D eigenvalue weighted by Gasteiger charge is 2.49. The van der Waals surface area contributed by atoms with Crippen LogP contribution in [0.15, 0.2) is 21.5 Å². The molecule has 1 unspecified atom stereocenters. The number of hydrogen-bond donors (Lipinski definition) is 0. The van der Waals surface area contributed by atoms with Crippen molar-refractivity contribution < 1.29 is 30.4 Å². The second kappa shape index (κ2) is 6.04. The largest absolute Gasteiger partial charge is 0.405 e. The first-order valence-electron chi connectivity index (χ1n) is 6.28. The number of benzene rings is 1. The summed E-state index contributed by atoms with van der Waals surface area (Å²) < 4.78 is 90.6. The van der Waals surface area contributed by atoms with Crippen molar-refractivity contribution in [3.8, 4) is 0 Å². The average molecular weight is 408 g/mol. The lowest BCUT2D eigenvalue weighted by Gasteiger charge is -2.35. The first-order valence-corrected chi connectivity index (χ1v) is 8.51. The van der Waals surface area contributed by atoms with E-state index in [4.69, 9.17) is 0 Å². The van der Waals surface area contributed by atoms with Gasteiger partial charge >= 0.3 is 6.18 Å². The molecule has 1 aliphatic heterocycles. The van der Waals surface area contributed by atoms with E-state index in [0.717, 1.165) is 0 Å². The lowest BCUT2D eigenvalue weighted by Crippen LogP contribution is -2.51. The van der Waals surface area contributed by atoms with E-state index in [9.17, 15) is 30.4 Å². The monoisotopic (exact) mass is 407 g/mol. The van der Waals surface area contributed by atoms with Crippen LogP contribution in [-0.2, 0) is 10.0 Å². The van der Waals surface area contributed by atoms with Gasteiger partial charge < -0.3 is 0 Å². The normalized spacial score (nSPS) is 21.1. The number of alkyl halides is 3. The van der Waals surface area contributed by atoms with Gasteiger partial charge in [0.25, 0.3) is 0 Å². The van der Waals surface area contributed by atoms with E-state index in [2.05, 4.69) is 15.9 Å². The maximum absolute atomic E-state index is 13.8. The summed E-state index contributed by atoms with van der Waals surface area (Å²) in [6.45, 7) is -0.360. The Bertz CT molecular complexity index is 677. The van der Waals surface area contributed by atoms with Crippen molar-refractivity contribution in [2.24, 2.45) is 0 Å². The number of hydrogen-bond acceptors (Lipinski definition) is 2. The second-order valence-corrected chi connectivity index (χ2v) is 7.58. The first kappa shape index (κ1) is 17.6. The molecule has 10 heteroatoms. The van der Waals surface area contributed by atoms with Gasteiger partial charge in [0.2, 0.25) is 10.0 Å². The molecule has 124 valence electrons. The molecule has 0 aliphatic carbocycles. The fraction of sp³-hybridized carbons (Fsp3) is 0.500. The molecular weight excluding hydrogens is 397 g/mol. The van der Waals surface area contributed by atoms with Crippen LogP contribution in [0.3, 0.4) is 0 Å². The summed E-state index contributed by atoms with van der Waals surface area (Å²) in [5, 5.41) is 0. The van der Waals surface area contributed by atoms with Crippen LogP contribution in [0.1, 0.15) is 19.3 Å². The Hall–Kier alpha value is -0.740. The molecule has 1 saturated heterocycles. The molecular formula is C12H11BrF5NO2S. The van der Waals surface area contributed by atoms with Gasteiger partial charge in [0, 0.05) is 12.6 Å². The predicted molar refractivity (Wildman–Crippen MR) is 71.6 cm³/mol. The topological polar surface area (TPSA) is 37.4 Å². The fourth-order valence-corrected chi connectivity index (χ4v) is 4.60. The van der Waals surface area contributed by atoms with Crippen LogP contribution < -0.4 is 0 Å². The number of piperidine rings is 1. The quantitative estimate of drug-likeness (QED) is 0.551. The maximum Gasteiger partial charge on any atom is 0.405 e. The molecule has 0 bridgehead atoms. The van der Waals surface area contributed by atoms with Crippen LogP contribution in [0.5, 0.6) is 0 Å². The van der Waals surface area contributed by atoms with Gasteiger partial charge in [-0.25, -0.2) is 17.2 Å². The summed E-state index contributed by atoms with van der Waals surface area (Å²) in [4.78, 5) is -0.975. The Morgan fingerprint density at radius 2 is 1.77 bits per heavy atom. The van der Waals surface area contributed by atoms with Gasteiger partial charge in [-0.3, -0.25) is 0 Å². The number of nitrogens with zero attached hydrogens (tertiary/aromatic N) is 1. The van der Waals surface area contributed by atoms with Crippen LogP contribution in [-0.4, -0.2) is 31.5 Å². The van der Waals surface area contributed by atoms with Crippen molar-refractivity contribution >= 4 is 26.0 Å². The summed E-state index contributed by atoms with van der Waals surface area (Å²) in [7, 11) is -4.72. The first-order chi connectivity index (χ1) is 10.0. The van der Waals surface area contributed by atoms with E-state index < -0.39 is 38.8 Å². The van der Waals surface area contributed by atoms with Gasteiger partial charge in [-0.15, -0.1) is 0 Å². The van der Waals surface area contributed by atoms with Crippen molar-refractivity contribution in [2.45, 2.75) is 36.4 Å². The molecule has 22 heavy (non-hydrogen) atoms. The average Bonchev–Trinajstić information content (AvgIpc) is 2.41. The lowest BCUT2D eigenvalue weighted by molar-refractivity contribution is -0.177. The third-order valence-corrected chi connectivity index (χ3v) is 5.92. The Labute approximate surface area is 132 Å². The van der Waals surface area contributed by atoms with Crippen molar-refractivity contribution in [1.82, 2.24) is 4.31 Å². The molecule has 0 aromatic heterocycles. The smallest absolute Gasteiger partial charge is 0.207 e. The zero-order valence-electron chi connectivity index (χ0n) is 11.0. The number of sulfonamides is 1. The summed E-state index contributed by atoms with van der Waals surface area (Å²) in [6.07, 6.45) is -4.66. The number of rotatable bonds is 2. The van der Waals surface area contributed by atoms with Gasteiger partial charge in [0.1, 0.15) is 22.6 Å². The Morgan fingerprint density at radius 3 is 2.36 bits per heavy atom. The Morgan fingerprint density at radius 1 is 1.14 bits per heavy atom. The minimum absolute atomic E-state index is 0.228. The van der Waals surface area contributed by atoms with Crippen LogP contribution in [0.2, 0.25) is 0 Å². The van der Waals surface area contributed by atoms with Gasteiger partial charge in [-0.1, -0.05) is 6.42 Å². The zero-order valence-corrected chi connectivity index (χ0v) is 13.4. The molecule has 1 aliphatic rings. The van der Waals surface area contributed by atoms with Crippen molar-refractivity contribution in [2.75, 3.05) is 6.54 Å². The van der Waals surface area contributed by atoms with Crippen molar-refractivity contribution in [3.63, 3.8) is 0 Å². The molecule has 0 amide bonds. The van der Waals surface area contributed by atoms with E-state index in [1.807, 2.05) is 0 Å². The molecule has 0 radical (unpaired) electrons. The van der Waals surface area contributed by atoms with E-state index in [0.29, 0.717) is 12.1 Å². The highest BCUT2D eigenvalue weighted by molar-refractivity contribution is 9.10. The molecule has 0 saturated carbocycles. The molecule has 0 N–H and O–H groups in total. The Balaban J connectivity index is 2.51. The van der Waals surface area contributed by atoms with Crippen molar-refractivity contribution in [3.05, 3.63) is 28.2 Å². The Kier molecular flexibility index (Phi) is 4.84. The van der Waals surface area contributed by atoms with Crippen molar-refractivity contribution in [1.29, 1.82) is 0 Å². The standard InChI is InChI=1S/C12H11BrF5NO2S/c13-7-5-10(9(15)6-8(7)14)22(20,21)19-4-2-1-3-11(19)12(16,17)18/h5-6,11H,1-4H2. The summed E-state index contributed by atoms with van der Waals surface area (Å²) >= 11 is 2.70. The van der Waals surface area contributed by atoms with Gasteiger partial charge in [0.05, 0.1) is 4.47 Å². The van der Waals surface area contributed by atoms with Gasteiger partial charge in [-0.05, 0) is 34.8 Å². The van der Waals surface area contributed by atoms with E-state index in [-0.39, 0.29) is 34.6 Å². The minimum Gasteiger partial charge on any atom is -0.207 e. The summed E-state index contributed by atoms with van der Waals surface area (Å²) in [5.74, 6) is -2.46. The highest BCUT2D eigenvalue weighted by atomic mass is 79.9. The second-order valence-electron chi connectivity index (χ2n) is 4.87. The van der Waals surface area contributed by atoms with Gasteiger partial charge in [0.15, 0.2) is 0 Å². The minimum atomic E-state index is -4.75. The molecule has 2 rings (SSSR count). The van der Waals surface area contributed by atoms with E-state index in [1.54, 1.807) is 0 Å². The molecule has 0 spiro atoms. The predicted octanol–water partition coefficient (Wildman–Crippen LogP) is 3.83. The molecule has 1 aromatic carbocycles. The van der Waals surface area contributed by atoms with E-state index >= 15 is 0 Å². The maximum atomic E-state index is 13.8. The van der Waals surface area contributed by atoms with Crippen LogP contribution in [0.4, 0.5) is 22.0 Å². The molecule has 3 nitrogen and oxygen atoms in total. The summed E-state index contributed by atoms with van der Waals surface area (Å²) in [6, 6.07) is -1.24. The van der Waals surface area contributed by atoms with Crippen LogP contribution in [0, 0.1) is 11.6 Å². The number of halogens is 6. The third-order valence-electron chi connectivity index (χ3n) is 3.39. The summed E-state index contributed by atoms with van der Waals surface area (Å²) in [5.41, 5.74) is 0. The van der Waals surface area contributed by atoms with E-state index in [1.165, 1.54) is 0 Å². The molecule has 1 atom stereocenters. The molecule has 1 fully saturated rings. The molecule has 1 heterocycles. The SMILES string of the molecule is O=S(=O)(c1cc(Br)c(F)cc1F)N1CCCCC1C(F)(F)F. The molecule has 1 aromatic rings. The lowest BCUT2D eigenvalue weighted by atomic mass is 10.0. The highest BCUT2D eigenvalue weighted by Crippen LogP contribution is 2.36. The van der Waals surface area contributed by atoms with Crippen LogP contribution in [0.25, 0.3) is 0 Å². The zero-order chi connectivity index (χ0) is 16.7. The van der Waals surface area contributed by atoms with Crippen LogP contribution >= 0.6 is 15.9 Å². The third kappa shape index (κ3) is 3.28. The fourth-order valence-electron chi connectivity index (χ4n) is 2.35. The van der Waals surface area contributed by atoms with Gasteiger partial charge in [-0.2, -0.15) is 17.5 Å².